The van der Waals surface area contributed by atoms with Gasteiger partial charge < -0.3 is 0 Å². The van der Waals surface area contributed by atoms with Crippen LogP contribution in [0.25, 0.3) is 0 Å². The molecule has 0 fully saturated rings. The number of hydrogen-bond donors (Lipinski definition) is 1. The van der Waals surface area contributed by atoms with Gasteiger partial charge in [0.05, 0.1) is 10.7 Å². The van der Waals surface area contributed by atoms with Crippen LogP contribution in [0.2, 0.25) is 0 Å². The number of benzene rings is 1. The number of carbonyl (C=O) groups excluding carboxylic acids is 1. The second-order valence-corrected chi connectivity index (χ2v) is 5.76. The summed E-state index contributed by atoms with van der Waals surface area (Å²) in [5.41, 5.74) is 0.237. The van der Waals surface area contributed by atoms with Crippen molar-refractivity contribution in [3.05, 3.63) is 52.6 Å². The normalized spacial score (nSPS) is 10.8. The van der Waals surface area contributed by atoms with Crippen molar-refractivity contribution in [3.8, 4) is 0 Å². The Hall–Kier alpha value is -2.22. The molecule has 1 rings (SSSR count). The summed E-state index contributed by atoms with van der Waals surface area (Å²) in [7, 11) is -3.80. The zero-order chi connectivity index (χ0) is 15.2. The fourth-order valence-corrected chi connectivity index (χ4v) is 2.58. The minimum Gasteiger partial charge on any atom is -0.274 e. The molecule has 8 heteroatoms. The molecule has 0 saturated carbocycles. The van der Waals surface area contributed by atoms with Gasteiger partial charge in [0.2, 0.25) is 15.9 Å². The SMILES string of the molecule is C=CCCC(=O)NS(=O)(=O)Cc1ccc([N+](=O)[O-])cc1. The van der Waals surface area contributed by atoms with Gasteiger partial charge in [0.25, 0.3) is 5.69 Å². The van der Waals surface area contributed by atoms with Crippen molar-refractivity contribution in [2.24, 2.45) is 0 Å². The first-order valence-corrected chi connectivity index (χ1v) is 7.37. The molecule has 20 heavy (non-hydrogen) atoms. The first-order valence-electron chi connectivity index (χ1n) is 5.71. The average molecular weight is 298 g/mol. The third-order valence-corrected chi connectivity index (χ3v) is 3.60. The number of rotatable bonds is 7. The fourth-order valence-electron chi connectivity index (χ4n) is 1.43. The Bertz CT molecular complexity index is 607. The van der Waals surface area contributed by atoms with Crippen LogP contribution in [0.1, 0.15) is 18.4 Å². The van der Waals surface area contributed by atoms with Crippen LogP contribution in [-0.2, 0) is 20.6 Å². The maximum atomic E-state index is 11.7. The van der Waals surface area contributed by atoms with Gasteiger partial charge in [0, 0.05) is 18.6 Å². The summed E-state index contributed by atoms with van der Waals surface area (Å²) in [5.74, 6) is -1.02. The first kappa shape index (κ1) is 15.8. The molecule has 0 unspecified atom stereocenters. The molecule has 0 aliphatic heterocycles. The standard InChI is InChI=1S/C12H14N2O5S/c1-2-3-4-12(15)13-20(18,19)9-10-5-7-11(8-6-10)14(16)17/h2,5-8H,1,3-4,9H2,(H,13,15). The minimum atomic E-state index is -3.80. The summed E-state index contributed by atoms with van der Waals surface area (Å²) in [6.45, 7) is 3.43. The number of hydrogen-bond acceptors (Lipinski definition) is 5. The van der Waals surface area contributed by atoms with Gasteiger partial charge >= 0.3 is 0 Å². The fraction of sp³-hybridized carbons (Fsp3) is 0.250. The molecule has 0 spiro atoms. The lowest BCUT2D eigenvalue weighted by atomic mass is 10.2. The van der Waals surface area contributed by atoms with Crippen LogP contribution >= 0.6 is 0 Å². The van der Waals surface area contributed by atoms with Gasteiger partial charge in [-0.05, 0) is 12.0 Å². The maximum absolute atomic E-state index is 11.7. The number of nitrogens with zero attached hydrogens (tertiary/aromatic N) is 1. The number of nitro benzene ring substituents is 1. The van der Waals surface area contributed by atoms with Crippen molar-refractivity contribution in [2.75, 3.05) is 0 Å². The maximum Gasteiger partial charge on any atom is 0.269 e. The van der Waals surface area contributed by atoms with E-state index in [2.05, 4.69) is 6.58 Å². The van der Waals surface area contributed by atoms with E-state index in [1.807, 2.05) is 4.72 Å². The minimum absolute atomic E-state index is 0.0446. The molecule has 0 bridgehead atoms. The van der Waals surface area contributed by atoms with Gasteiger partial charge in [-0.3, -0.25) is 19.6 Å². The van der Waals surface area contributed by atoms with E-state index in [0.717, 1.165) is 0 Å². The quantitative estimate of drug-likeness (QED) is 0.466. The van der Waals surface area contributed by atoms with Crippen molar-refractivity contribution >= 4 is 21.6 Å². The number of non-ortho nitro benzene ring substituents is 1. The molecular formula is C12H14N2O5S. The average Bonchev–Trinajstić information content (AvgIpc) is 2.35. The lowest BCUT2D eigenvalue weighted by Crippen LogP contribution is -2.31. The highest BCUT2D eigenvalue weighted by atomic mass is 32.2. The van der Waals surface area contributed by atoms with E-state index in [0.29, 0.717) is 12.0 Å². The van der Waals surface area contributed by atoms with Crippen molar-refractivity contribution < 1.29 is 18.1 Å². The van der Waals surface area contributed by atoms with Crippen molar-refractivity contribution in [1.29, 1.82) is 0 Å². The van der Waals surface area contributed by atoms with Crippen molar-refractivity contribution in [1.82, 2.24) is 4.72 Å². The van der Waals surface area contributed by atoms with Gasteiger partial charge in [-0.2, -0.15) is 0 Å². The molecule has 108 valence electrons. The third kappa shape index (κ3) is 5.19. The van der Waals surface area contributed by atoms with Gasteiger partial charge in [0.15, 0.2) is 0 Å². The Kier molecular flexibility index (Phi) is 5.39. The summed E-state index contributed by atoms with van der Waals surface area (Å²) in [6.07, 6.45) is 1.95. The van der Waals surface area contributed by atoms with E-state index in [-0.39, 0.29) is 12.1 Å². The molecule has 0 heterocycles. The molecular weight excluding hydrogens is 284 g/mol. The summed E-state index contributed by atoms with van der Waals surface area (Å²) >= 11 is 0. The molecule has 0 aromatic heterocycles. The van der Waals surface area contributed by atoms with Crippen molar-refractivity contribution in [2.45, 2.75) is 18.6 Å². The van der Waals surface area contributed by atoms with Crippen LogP contribution in [0.3, 0.4) is 0 Å². The Morgan fingerprint density at radius 2 is 1.95 bits per heavy atom. The molecule has 1 aromatic carbocycles. The Balaban J connectivity index is 2.68. The largest absolute Gasteiger partial charge is 0.274 e. The van der Waals surface area contributed by atoms with E-state index in [1.54, 1.807) is 0 Å². The number of nitro groups is 1. The highest BCUT2D eigenvalue weighted by molar-refractivity contribution is 7.89. The zero-order valence-electron chi connectivity index (χ0n) is 10.6. The molecule has 0 atom stereocenters. The van der Waals surface area contributed by atoms with Crippen molar-refractivity contribution in [3.63, 3.8) is 0 Å². The smallest absolute Gasteiger partial charge is 0.269 e. The molecule has 0 aliphatic carbocycles. The summed E-state index contributed by atoms with van der Waals surface area (Å²) < 4.78 is 25.3. The third-order valence-electron chi connectivity index (χ3n) is 2.35. The summed E-state index contributed by atoms with van der Waals surface area (Å²) in [6, 6.07) is 5.10. The highest BCUT2D eigenvalue weighted by Crippen LogP contribution is 2.13. The number of nitrogens with one attached hydrogen (secondary N) is 1. The predicted molar refractivity (Wildman–Crippen MR) is 73.3 cm³/mol. The molecule has 0 radical (unpaired) electrons. The van der Waals surface area contributed by atoms with E-state index in [9.17, 15) is 23.3 Å². The molecule has 0 saturated heterocycles. The van der Waals surface area contributed by atoms with Crippen LogP contribution in [0.4, 0.5) is 5.69 Å². The lowest BCUT2D eigenvalue weighted by molar-refractivity contribution is -0.384. The van der Waals surface area contributed by atoms with Gasteiger partial charge in [-0.15, -0.1) is 6.58 Å². The second-order valence-electron chi connectivity index (χ2n) is 4.04. The molecule has 1 amide bonds. The van der Waals surface area contributed by atoms with Gasteiger partial charge in [-0.25, -0.2) is 8.42 Å². The summed E-state index contributed by atoms with van der Waals surface area (Å²) in [5, 5.41) is 10.5. The van der Waals surface area contributed by atoms with E-state index in [1.165, 1.54) is 30.3 Å². The number of amides is 1. The Morgan fingerprint density at radius 1 is 1.35 bits per heavy atom. The molecule has 0 aliphatic rings. The van der Waals surface area contributed by atoms with E-state index >= 15 is 0 Å². The zero-order valence-corrected chi connectivity index (χ0v) is 11.4. The summed E-state index contributed by atoms with van der Waals surface area (Å²) in [4.78, 5) is 21.2. The molecule has 7 nitrogen and oxygen atoms in total. The topological polar surface area (TPSA) is 106 Å². The highest BCUT2D eigenvalue weighted by Gasteiger charge is 2.15. The number of allylic oxidation sites excluding steroid dienone is 1. The van der Waals surface area contributed by atoms with Crippen LogP contribution in [0.5, 0.6) is 0 Å². The molecule has 1 aromatic rings. The number of sulfonamides is 1. The lowest BCUT2D eigenvalue weighted by Gasteiger charge is -2.06. The van der Waals surface area contributed by atoms with Gasteiger partial charge in [-0.1, -0.05) is 18.2 Å². The van der Waals surface area contributed by atoms with Gasteiger partial charge in [0.1, 0.15) is 0 Å². The Labute approximate surface area is 116 Å². The molecule has 1 N–H and O–H groups in total. The van der Waals surface area contributed by atoms with E-state index in [4.69, 9.17) is 0 Å². The Morgan fingerprint density at radius 3 is 2.45 bits per heavy atom. The number of carbonyl (C=O) groups is 1. The van der Waals surface area contributed by atoms with Crippen LogP contribution < -0.4 is 4.72 Å². The predicted octanol–water partition coefficient (Wildman–Crippen LogP) is 1.51. The van der Waals surface area contributed by atoms with Crippen LogP contribution in [-0.4, -0.2) is 19.2 Å². The first-order chi connectivity index (χ1) is 9.34. The monoisotopic (exact) mass is 298 g/mol. The second kappa shape index (κ2) is 6.80. The van der Waals surface area contributed by atoms with Crippen LogP contribution in [0.15, 0.2) is 36.9 Å². The van der Waals surface area contributed by atoms with Crippen LogP contribution in [0, 0.1) is 10.1 Å². The van der Waals surface area contributed by atoms with E-state index < -0.39 is 26.6 Å².